The first-order valence-electron chi connectivity index (χ1n) is 13.2. The number of para-hydroxylation sites is 1. The summed E-state index contributed by atoms with van der Waals surface area (Å²) in [4.78, 5) is 71.7. The molecule has 0 bridgehead atoms. The Kier molecular flexibility index (Phi) is 7.48. The molecule has 1 saturated heterocycles. The fraction of sp³-hybridized carbons (Fsp3) is 0.200. The molecule has 2 aliphatic heterocycles. The SMILES string of the molecule is CCOC(=O)c1ccc(N2C(=O)[C@@H]3[C@H](c4cccnc4)c4sc(=O)n(CC(=O)Nc5ccccc5)c4S[C@@H]3C2=O)cc1. The summed E-state index contributed by atoms with van der Waals surface area (Å²) in [5, 5.41) is 2.45. The molecule has 2 aliphatic rings. The Morgan fingerprint density at radius 1 is 0.976 bits per heavy atom. The maximum atomic E-state index is 14.0. The number of aromatic nitrogens is 2. The van der Waals surface area contributed by atoms with Crippen molar-refractivity contribution < 1.29 is 23.9 Å². The number of thioether (sulfide) groups is 1. The number of ether oxygens (including phenoxy) is 1. The van der Waals surface area contributed by atoms with Crippen LogP contribution in [0.4, 0.5) is 11.4 Å². The van der Waals surface area contributed by atoms with E-state index in [4.69, 9.17) is 4.74 Å². The molecule has 0 unspecified atom stereocenters. The summed E-state index contributed by atoms with van der Waals surface area (Å²) in [6.07, 6.45) is 3.24. The third kappa shape index (κ3) is 4.92. The van der Waals surface area contributed by atoms with Gasteiger partial charge in [-0.2, -0.15) is 0 Å². The molecule has 2 aromatic heterocycles. The minimum Gasteiger partial charge on any atom is -0.462 e. The Hall–Kier alpha value is -4.55. The van der Waals surface area contributed by atoms with Crippen LogP contribution in [-0.4, -0.2) is 45.1 Å². The Labute approximate surface area is 248 Å². The molecule has 1 N–H and O–H groups in total. The highest BCUT2D eigenvalue weighted by Gasteiger charge is 2.56. The number of hydrogen-bond acceptors (Lipinski definition) is 9. The van der Waals surface area contributed by atoms with Crippen LogP contribution in [-0.2, 0) is 25.7 Å². The summed E-state index contributed by atoms with van der Waals surface area (Å²) in [6, 6.07) is 18.6. The standard InChI is InChI=1S/C30H24N4O6S2/c1-2-40-29(38)17-10-12-20(13-11-17)34-26(36)23-22(18-7-6-14-31-15-18)25-28(41-24(23)27(34)37)33(30(39)42-25)16-21(35)32-19-8-4-3-5-9-19/h3-15,22-24H,2,16H2,1H3,(H,32,35)/t22-,23+,24-/m0/s1. The molecule has 42 heavy (non-hydrogen) atoms. The molecule has 4 aromatic rings. The van der Waals surface area contributed by atoms with Crippen molar-refractivity contribution >= 4 is 58.2 Å². The molecule has 10 nitrogen and oxygen atoms in total. The fourth-order valence-corrected chi connectivity index (χ4v) is 8.03. The van der Waals surface area contributed by atoms with Gasteiger partial charge in [-0.1, -0.05) is 47.4 Å². The van der Waals surface area contributed by atoms with Crippen LogP contribution >= 0.6 is 23.1 Å². The zero-order valence-electron chi connectivity index (χ0n) is 22.3. The number of fused-ring (bicyclic) bond motifs is 2. The molecule has 0 aliphatic carbocycles. The number of rotatable bonds is 7. The molecule has 0 radical (unpaired) electrons. The smallest absolute Gasteiger partial charge is 0.338 e. The normalized spacial score (nSPS) is 19.3. The molecular formula is C30H24N4O6S2. The molecular weight excluding hydrogens is 576 g/mol. The van der Waals surface area contributed by atoms with E-state index < -0.39 is 34.9 Å². The van der Waals surface area contributed by atoms with Gasteiger partial charge >= 0.3 is 10.8 Å². The van der Waals surface area contributed by atoms with Crippen molar-refractivity contribution in [1.29, 1.82) is 0 Å². The van der Waals surface area contributed by atoms with Gasteiger partial charge in [0.1, 0.15) is 11.8 Å². The van der Waals surface area contributed by atoms with Crippen LogP contribution in [0.15, 0.2) is 88.9 Å². The molecule has 6 rings (SSSR count). The number of carbonyl (C=O) groups excluding carboxylic acids is 4. The van der Waals surface area contributed by atoms with Gasteiger partial charge in [0.15, 0.2) is 0 Å². The average molecular weight is 601 g/mol. The van der Waals surface area contributed by atoms with Crippen molar-refractivity contribution in [2.45, 2.75) is 29.7 Å². The van der Waals surface area contributed by atoms with Gasteiger partial charge in [-0.3, -0.25) is 28.7 Å². The lowest BCUT2D eigenvalue weighted by Crippen LogP contribution is -2.33. The molecule has 0 saturated carbocycles. The van der Waals surface area contributed by atoms with E-state index >= 15 is 0 Å². The number of nitrogens with one attached hydrogen (secondary N) is 1. The molecule has 0 spiro atoms. The van der Waals surface area contributed by atoms with Crippen molar-refractivity contribution in [2.75, 3.05) is 16.8 Å². The minimum absolute atomic E-state index is 0.225. The molecule has 1 fully saturated rings. The van der Waals surface area contributed by atoms with Crippen molar-refractivity contribution in [3.8, 4) is 0 Å². The summed E-state index contributed by atoms with van der Waals surface area (Å²) >= 11 is 2.11. The van der Waals surface area contributed by atoms with E-state index in [0.29, 0.717) is 32.4 Å². The number of benzene rings is 2. The van der Waals surface area contributed by atoms with Crippen LogP contribution in [0, 0.1) is 5.92 Å². The maximum Gasteiger partial charge on any atom is 0.338 e. The minimum atomic E-state index is -0.836. The molecule has 12 heteroatoms. The number of hydrogen-bond donors (Lipinski definition) is 1. The summed E-state index contributed by atoms with van der Waals surface area (Å²) in [5.41, 5.74) is 1.93. The Morgan fingerprint density at radius 3 is 2.43 bits per heavy atom. The van der Waals surface area contributed by atoms with Crippen LogP contribution in [0.25, 0.3) is 0 Å². The van der Waals surface area contributed by atoms with Crippen molar-refractivity contribution in [2.24, 2.45) is 5.92 Å². The highest BCUT2D eigenvalue weighted by molar-refractivity contribution is 8.00. The van der Waals surface area contributed by atoms with E-state index in [1.807, 2.05) is 12.1 Å². The largest absolute Gasteiger partial charge is 0.462 e. The van der Waals surface area contributed by atoms with Gasteiger partial charge in [0.25, 0.3) is 0 Å². The van der Waals surface area contributed by atoms with E-state index in [1.165, 1.54) is 16.7 Å². The second kappa shape index (κ2) is 11.4. The van der Waals surface area contributed by atoms with Gasteiger partial charge in [-0.25, -0.2) is 9.69 Å². The van der Waals surface area contributed by atoms with Crippen LogP contribution in [0.2, 0.25) is 0 Å². The first kappa shape index (κ1) is 27.6. The number of esters is 1. The van der Waals surface area contributed by atoms with Gasteiger partial charge in [-0.05, 0) is 55.0 Å². The highest BCUT2D eigenvalue weighted by Crippen LogP contribution is 2.53. The van der Waals surface area contributed by atoms with E-state index in [2.05, 4.69) is 10.3 Å². The predicted molar refractivity (Wildman–Crippen MR) is 158 cm³/mol. The number of thiazole rings is 1. The average Bonchev–Trinajstić information content (AvgIpc) is 3.44. The van der Waals surface area contributed by atoms with Gasteiger partial charge in [0.05, 0.1) is 28.8 Å². The Balaban J connectivity index is 1.36. The van der Waals surface area contributed by atoms with Crippen molar-refractivity contribution in [3.05, 3.63) is 105 Å². The monoisotopic (exact) mass is 600 g/mol. The number of amides is 3. The molecule has 4 heterocycles. The molecule has 2 aromatic carbocycles. The van der Waals surface area contributed by atoms with Gasteiger partial charge in [0, 0.05) is 28.9 Å². The lowest BCUT2D eigenvalue weighted by molar-refractivity contribution is -0.122. The van der Waals surface area contributed by atoms with Gasteiger partial charge < -0.3 is 10.1 Å². The number of nitrogens with zero attached hydrogens (tertiary/aromatic N) is 3. The Morgan fingerprint density at radius 2 is 1.74 bits per heavy atom. The van der Waals surface area contributed by atoms with Crippen LogP contribution in [0.3, 0.4) is 0 Å². The molecule has 3 atom stereocenters. The summed E-state index contributed by atoms with van der Waals surface area (Å²) < 4.78 is 6.41. The topological polar surface area (TPSA) is 128 Å². The van der Waals surface area contributed by atoms with Crippen LogP contribution in [0.1, 0.15) is 33.6 Å². The fourth-order valence-electron chi connectivity index (χ4n) is 5.26. The molecule has 3 amide bonds. The van der Waals surface area contributed by atoms with Gasteiger partial charge in [0.2, 0.25) is 17.7 Å². The third-order valence-electron chi connectivity index (χ3n) is 7.09. The van der Waals surface area contributed by atoms with E-state index in [0.717, 1.165) is 28.0 Å². The second-order valence-electron chi connectivity index (χ2n) is 9.65. The third-order valence-corrected chi connectivity index (χ3v) is 9.69. The number of imide groups is 1. The predicted octanol–water partition coefficient (Wildman–Crippen LogP) is 3.92. The summed E-state index contributed by atoms with van der Waals surface area (Å²) in [7, 11) is 0. The quantitative estimate of drug-likeness (QED) is 0.250. The van der Waals surface area contributed by atoms with E-state index in [-0.39, 0.29) is 23.9 Å². The van der Waals surface area contributed by atoms with Crippen LogP contribution < -0.4 is 15.1 Å². The highest BCUT2D eigenvalue weighted by atomic mass is 32.2. The van der Waals surface area contributed by atoms with Gasteiger partial charge in [-0.15, -0.1) is 0 Å². The molecule has 212 valence electrons. The van der Waals surface area contributed by atoms with Crippen molar-refractivity contribution in [3.63, 3.8) is 0 Å². The zero-order valence-corrected chi connectivity index (χ0v) is 23.9. The first-order chi connectivity index (χ1) is 20.4. The van der Waals surface area contributed by atoms with E-state index in [9.17, 15) is 24.0 Å². The van der Waals surface area contributed by atoms with Crippen LogP contribution in [0.5, 0.6) is 0 Å². The number of anilines is 2. The number of pyridine rings is 1. The maximum absolute atomic E-state index is 14.0. The summed E-state index contributed by atoms with van der Waals surface area (Å²) in [5.74, 6) is -3.14. The lowest BCUT2D eigenvalue weighted by Gasteiger charge is -2.30. The van der Waals surface area contributed by atoms with E-state index in [1.54, 1.807) is 61.8 Å². The lowest BCUT2D eigenvalue weighted by atomic mass is 9.84. The number of carbonyl (C=O) groups is 4. The Bertz CT molecular complexity index is 1740. The zero-order chi connectivity index (χ0) is 29.4. The second-order valence-corrected chi connectivity index (χ2v) is 11.8. The summed E-state index contributed by atoms with van der Waals surface area (Å²) in [6.45, 7) is 1.69. The first-order valence-corrected chi connectivity index (χ1v) is 14.9. The van der Waals surface area contributed by atoms with Crippen molar-refractivity contribution in [1.82, 2.24) is 9.55 Å².